The lowest BCUT2D eigenvalue weighted by Gasteiger charge is -2.11. The number of hydrogen-bond acceptors (Lipinski definition) is 4. The predicted octanol–water partition coefficient (Wildman–Crippen LogP) is 6.22. The molecule has 0 aliphatic rings. The van der Waals surface area contributed by atoms with Crippen molar-refractivity contribution in [3.8, 4) is 5.75 Å². The molecule has 2 aromatic rings. The van der Waals surface area contributed by atoms with Gasteiger partial charge in [-0.15, -0.1) is 0 Å². The maximum atomic E-state index is 12.4. The van der Waals surface area contributed by atoms with Crippen molar-refractivity contribution in [1.82, 2.24) is 0 Å². The molecule has 3 N–H and O–H groups in total. The lowest BCUT2D eigenvalue weighted by atomic mass is 10.2. The van der Waals surface area contributed by atoms with Crippen LogP contribution in [0.5, 0.6) is 5.75 Å². The van der Waals surface area contributed by atoms with Crippen LogP contribution in [-0.2, 0) is 9.59 Å². The Morgan fingerprint density at radius 2 is 1.41 bits per heavy atom. The van der Waals surface area contributed by atoms with Crippen molar-refractivity contribution in [3.05, 3.63) is 48.5 Å². The van der Waals surface area contributed by atoms with Crippen molar-refractivity contribution in [2.45, 2.75) is 65.2 Å². The number of hydrogen-bond donors (Lipinski definition) is 3. The van der Waals surface area contributed by atoms with Crippen LogP contribution in [0.3, 0.4) is 0 Å². The Morgan fingerprint density at radius 3 is 2.16 bits per heavy atom. The fraction of sp³-hybridized carbons (Fsp3) is 0.462. The quantitative estimate of drug-likeness (QED) is 0.288. The zero-order chi connectivity index (χ0) is 23.0. The summed E-state index contributed by atoms with van der Waals surface area (Å²) in [5.74, 6) is 0.632. The first kappa shape index (κ1) is 25.2. The average molecular weight is 440 g/mol. The van der Waals surface area contributed by atoms with Crippen LogP contribution < -0.4 is 20.7 Å². The second kappa shape index (κ2) is 14.9. The minimum absolute atomic E-state index is 0.00365. The van der Waals surface area contributed by atoms with Gasteiger partial charge in [-0.25, -0.2) is 0 Å². The molecule has 32 heavy (non-hydrogen) atoms. The molecule has 0 heterocycles. The average Bonchev–Trinajstić information content (AvgIpc) is 2.78. The third kappa shape index (κ3) is 10.3. The van der Waals surface area contributed by atoms with Gasteiger partial charge in [0, 0.05) is 29.5 Å². The first-order valence-electron chi connectivity index (χ1n) is 11.8. The summed E-state index contributed by atoms with van der Waals surface area (Å²) < 4.78 is 5.80. The summed E-state index contributed by atoms with van der Waals surface area (Å²) >= 11 is 0. The normalized spacial score (nSPS) is 10.4. The van der Waals surface area contributed by atoms with Crippen molar-refractivity contribution in [2.75, 3.05) is 29.1 Å². The Hall–Kier alpha value is -3.02. The lowest BCUT2D eigenvalue weighted by Crippen LogP contribution is -2.21. The zero-order valence-electron chi connectivity index (χ0n) is 19.4. The molecular formula is C26H37N3O3. The lowest BCUT2D eigenvalue weighted by molar-refractivity contribution is -0.116. The van der Waals surface area contributed by atoms with Crippen LogP contribution in [0.2, 0.25) is 0 Å². The fourth-order valence-corrected chi connectivity index (χ4v) is 3.24. The monoisotopic (exact) mass is 439 g/mol. The Labute approximate surface area is 192 Å². The molecule has 0 aromatic heterocycles. The van der Waals surface area contributed by atoms with Gasteiger partial charge in [-0.2, -0.15) is 0 Å². The number of amides is 2. The maximum Gasteiger partial charge on any atom is 0.243 e. The highest BCUT2D eigenvalue weighted by atomic mass is 16.5. The summed E-state index contributed by atoms with van der Waals surface area (Å²) in [6.45, 7) is 5.14. The molecule has 2 rings (SSSR count). The highest BCUT2D eigenvalue weighted by molar-refractivity contribution is 5.95. The van der Waals surface area contributed by atoms with Crippen LogP contribution in [0.4, 0.5) is 17.1 Å². The van der Waals surface area contributed by atoms with Crippen LogP contribution in [0.25, 0.3) is 0 Å². The Kier molecular flexibility index (Phi) is 11.7. The molecule has 6 heteroatoms. The maximum absolute atomic E-state index is 12.4. The molecule has 0 saturated carbocycles. The molecule has 174 valence electrons. The molecule has 0 aliphatic heterocycles. The van der Waals surface area contributed by atoms with E-state index in [9.17, 15) is 9.59 Å². The van der Waals surface area contributed by atoms with E-state index in [4.69, 9.17) is 4.74 Å². The second-order valence-electron chi connectivity index (χ2n) is 7.92. The molecule has 0 spiro atoms. The Balaban J connectivity index is 1.77. The topological polar surface area (TPSA) is 79.5 Å². The predicted molar refractivity (Wildman–Crippen MR) is 132 cm³/mol. The van der Waals surface area contributed by atoms with E-state index in [1.807, 2.05) is 36.4 Å². The van der Waals surface area contributed by atoms with Crippen molar-refractivity contribution < 1.29 is 14.3 Å². The molecule has 6 nitrogen and oxygen atoms in total. The summed E-state index contributed by atoms with van der Waals surface area (Å²) in [5.41, 5.74) is 2.16. The van der Waals surface area contributed by atoms with E-state index in [2.05, 4.69) is 29.8 Å². The van der Waals surface area contributed by atoms with E-state index in [-0.39, 0.29) is 18.4 Å². The molecule has 2 aromatic carbocycles. The minimum Gasteiger partial charge on any atom is -0.494 e. The van der Waals surface area contributed by atoms with Gasteiger partial charge in [0.15, 0.2) is 0 Å². The Morgan fingerprint density at radius 1 is 0.750 bits per heavy atom. The molecule has 0 aliphatic carbocycles. The third-order valence-corrected chi connectivity index (χ3v) is 4.99. The highest BCUT2D eigenvalue weighted by Crippen LogP contribution is 2.19. The van der Waals surface area contributed by atoms with Crippen molar-refractivity contribution in [1.29, 1.82) is 0 Å². The van der Waals surface area contributed by atoms with Gasteiger partial charge in [0.05, 0.1) is 13.2 Å². The SMILES string of the molecule is CCCCCCOc1cccc(NCC(=O)Nc2cccc(NC(=O)CCCCC)c2)c1. The number of nitrogens with one attached hydrogen (secondary N) is 3. The van der Waals surface area contributed by atoms with E-state index >= 15 is 0 Å². The van der Waals surface area contributed by atoms with E-state index in [0.717, 1.165) is 37.1 Å². The smallest absolute Gasteiger partial charge is 0.243 e. The number of anilines is 3. The van der Waals surface area contributed by atoms with Gasteiger partial charge in [-0.3, -0.25) is 9.59 Å². The standard InChI is InChI=1S/C26H37N3O3/c1-3-5-7-9-17-32-24-15-11-12-21(19-24)27-20-26(31)29-23-14-10-13-22(18-23)28-25(30)16-8-6-4-2/h10-15,18-19,27H,3-9,16-17,20H2,1-2H3,(H,28,30)(H,29,31). The zero-order valence-corrected chi connectivity index (χ0v) is 19.4. The fourth-order valence-electron chi connectivity index (χ4n) is 3.24. The van der Waals surface area contributed by atoms with Crippen molar-refractivity contribution in [2.24, 2.45) is 0 Å². The third-order valence-electron chi connectivity index (χ3n) is 4.99. The van der Waals surface area contributed by atoms with Gasteiger partial charge in [0.2, 0.25) is 11.8 Å². The minimum atomic E-state index is -0.165. The molecule has 2 amide bonds. The van der Waals surface area contributed by atoms with Gasteiger partial charge >= 0.3 is 0 Å². The summed E-state index contributed by atoms with van der Waals surface area (Å²) in [7, 11) is 0. The first-order valence-corrected chi connectivity index (χ1v) is 11.8. The molecule has 0 atom stereocenters. The number of benzene rings is 2. The van der Waals surface area contributed by atoms with Crippen molar-refractivity contribution >= 4 is 28.9 Å². The number of carbonyl (C=O) groups is 2. The van der Waals surface area contributed by atoms with Gasteiger partial charge in [0.25, 0.3) is 0 Å². The first-order chi connectivity index (χ1) is 15.6. The van der Waals surface area contributed by atoms with E-state index in [0.29, 0.717) is 24.4 Å². The summed E-state index contributed by atoms with van der Waals surface area (Å²) in [6.07, 6.45) is 8.19. The molecule has 0 fully saturated rings. The molecule has 0 saturated heterocycles. The summed E-state index contributed by atoms with van der Waals surface area (Å²) in [5, 5.41) is 8.88. The number of unbranched alkanes of at least 4 members (excludes halogenated alkanes) is 5. The molecule has 0 radical (unpaired) electrons. The number of rotatable bonds is 15. The van der Waals surface area contributed by atoms with Gasteiger partial charge in [-0.05, 0) is 43.2 Å². The molecule has 0 unspecified atom stereocenters. The number of ether oxygens (including phenoxy) is 1. The van der Waals surface area contributed by atoms with Crippen LogP contribution in [0, 0.1) is 0 Å². The van der Waals surface area contributed by atoms with Crippen LogP contribution in [-0.4, -0.2) is 25.0 Å². The Bertz CT molecular complexity index is 839. The van der Waals surface area contributed by atoms with Crippen LogP contribution >= 0.6 is 0 Å². The van der Waals surface area contributed by atoms with Crippen molar-refractivity contribution in [3.63, 3.8) is 0 Å². The summed E-state index contributed by atoms with van der Waals surface area (Å²) in [6, 6.07) is 14.8. The van der Waals surface area contributed by atoms with E-state index in [1.54, 1.807) is 12.1 Å². The van der Waals surface area contributed by atoms with Gasteiger partial charge in [-0.1, -0.05) is 58.1 Å². The molecular weight excluding hydrogens is 402 g/mol. The molecule has 0 bridgehead atoms. The highest BCUT2D eigenvalue weighted by Gasteiger charge is 2.06. The second-order valence-corrected chi connectivity index (χ2v) is 7.92. The van der Waals surface area contributed by atoms with Gasteiger partial charge < -0.3 is 20.7 Å². The van der Waals surface area contributed by atoms with Crippen LogP contribution in [0.15, 0.2) is 48.5 Å². The summed E-state index contributed by atoms with van der Waals surface area (Å²) in [4.78, 5) is 24.4. The van der Waals surface area contributed by atoms with E-state index in [1.165, 1.54) is 19.3 Å². The number of carbonyl (C=O) groups excluding carboxylic acids is 2. The van der Waals surface area contributed by atoms with E-state index < -0.39 is 0 Å². The van der Waals surface area contributed by atoms with Crippen LogP contribution in [0.1, 0.15) is 65.2 Å². The largest absolute Gasteiger partial charge is 0.494 e. The van der Waals surface area contributed by atoms with Gasteiger partial charge in [0.1, 0.15) is 5.75 Å².